The lowest BCUT2D eigenvalue weighted by Crippen LogP contribution is -2.29. The molecule has 7 nitrogen and oxygen atoms in total. The molecule has 5 rings (SSSR count). The molecule has 40 heavy (non-hydrogen) atoms. The molecule has 0 unspecified atom stereocenters. The summed E-state index contributed by atoms with van der Waals surface area (Å²) in [6.45, 7) is 2.02. The van der Waals surface area contributed by atoms with Crippen molar-refractivity contribution in [1.29, 1.82) is 0 Å². The van der Waals surface area contributed by atoms with Gasteiger partial charge in [0, 0.05) is 59.4 Å². The van der Waals surface area contributed by atoms with Gasteiger partial charge in [-0.15, -0.1) is 0 Å². The van der Waals surface area contributed by atoms with E-state index in [1.807, 2.05) is 37.3 Å². The van der Waals surface area contributed by atoms with Crippen LogP contribution in [-0.4, -0.2) is 33.3 Å². The van der Waals surface area contributed by atoms with E-state index in [1.54, 1.807) is 67.5 Å². The normalized spacial score (nSPS) is 11.0. The van der Waals surface area contributed by atoms with E-state index in [1.165, 1.54) is 4.90 Å². The van der Waals surface area contributed by atoms with Gasteiger partial charge >= 0.3 is 0 Å². The smallest absolute Gasteiger partial charge is 0.232 e. The fourth-order valence-corrected chi connectivity index (χ4v) is 5.09. The largest absolute Gasteiger partial charge is 0.487 e. The molecule has 3 aromatic heterocycles. The van der Waals surface area contributed by atoms with E-state index in [0.29, 0.717) is 44.0 Å². The zero-order valence-corrected chi connectivity index (χ0v) is 23.7. The van der Waals surface area contributed by atoms with Gasteiger partial charge in [-0.1, -0.05) is 41.4 Å². The second kappa shape index (κ2) is 11.5. The number of carbonyl (C=O) groups excluding carboxylic acids is 2. The number of halogens is 2. The Morgan fingerprint density at radius 2 is 1.75 bits per heavy atom. The fraction of sp³-hybridized carbons (Fsp3) is 0.161. The number of hydrogen-bond donors (Lipinski definition) is 0. The number of carbonyl (C=O) groups is 2. The second-order valence-electron chi connectivity index (χ2n) is 9.39. The SMILES string of the molecule is Cc1ccc2cccc(OCc3c(Cl)ccc(N(C)C(=O)Cc4ccc(C(=O)c5ccncc5)n4C)c3Cl)c2n1. The molecule has 2 aromatic carbocycles. The summed E-state index contributed by atoms with van der Waals surface area (Å²) < 4.78 is 7.85. The number of nitrogens with zero attached hydrogens (tertiary/aromatic N) is 4. The van der Waals surface area contributed by atoms with Gasteiger partial charge in [-0.2, -0.15) is 0 Å². The predicted octanol–water partition coefficient (Wildman–Crippen LogP) is 6.60. The van der Waals surface area contributed by atoms with Gasteiger partial charge in [0.1, 0.15) is 17.9 Å². The highest BCUT2D eigenvalue weighted by Gasteiger charge is 2.22. The Hall–Kier alpha value is -4.20. The molecule has 202 valence electrons. The van der Waals surface area contributed by atoms with E-state index >= 15 is 0 Å². The minimum atomic E-state index is -0.200. The maximum absolute atomic E-state index is 13.3. The van der Waals surface area contributed by atoms with Crippen molar-refractivity contribution in [3.05, 3.63) is 117 Å². The molecule has 0 spiro atoms. The molecular formula is C31H26Cl2N4O3. The molecule has 9 heteroatoms. The molecule has 0 saturated heterocycles. The van der Waals surface area contributed by atoms with Crippen molar-refractivity contribution in [1.82, 2.24) is 14.5 Å². The van der Waals surface area contributed by atoms with Crippen molar-refractivity contribution in [2.24, 2.45) is 7.05 Å². The van der Waals surface area contributed by atoms with Crippen LogP contribution in [0.5, 0.6) is 5.75 Å². The maximum atomic E-state index is 13.3. The number of anilines is 1. The minimum Gasteiger partial charge on any atom is -0.487 e. The first-order valence-corrected chi connectivity index (χ1v) is 13.3. The number of pyridine rings is 2. The molecule has 0 bridgehead atoms. The summed E-state index contributed by atoms with van der Waals surface area (Å²) in [6, 6.07) is 19.9. The van der Waals surface area contributed by atoms with E-state index in [0.717, 1.165) is 16.6 Å². The Morgan fingerprint density at radius 1 is 0.975 bits per heavy atom. The first-order chi connectivity index (χ1) is 19.2. The van der Waals surface area contributed by atoms with Crippen molar-refractivity contribution < 1.29 is 14.3 Å². The van der Waals surface area contributed by atoms with Crippen LogP contribution in [0.2, 0.25) is 10.0 Å². The standard InChI is InChI=1S/C31H26Cl2N4O3/c1-19-7-8-20-5-4-6-27(30(20)35-19)40-18-23-24(32)10-12-25(29(23)33)37(3)28(38)17-22-9-11-26(36(22)2)31(39)21-13-15-34-16-14-21/h4-16H,17-18H2,1-3H3. The van der Waals surface area contributed by atoms with E-state index in [2.05, 4.69) is 9.97 Å². The number of likely N-dealkylation sites (N-methyl/N-ethyl adjacent to an activating group) is 1. The van der Waals surface area contributed by atoms with Crippen LogP contribution >= 0.6 is 23.2 Å². The average molecular weight is 573 g/mol. The van der Waals surface area contributed by atoms with Crippen LogP contribution in [0.1, 0.15) is 33.0 Å². The van der Waals surface area contributed by atoms with Gasteiger partial charge in [-0.05, 0) is 55.5 Å². The number of fused-ring (bicyclic) bond motifs is 1. The molecule has 0 atom stereocenters. The first-order valence-electron chi connectivity index (χ1n) is 12.6. The maximum Gasteiger partial charge on any atom is 0.232 e. The van der Waals surface area contributed by atoms with Crippen LogP contribution < -0.4 is 9.64 Å². The number of ether oxygens (including phenoxy) is 1. The number of aromatic nitrogens is 3. The molecule has 0 aliphatic carbocycles. The van der Waals surface area contributed by atoms with Crippen LogP contribution in [0, 0.1) is 6.92 Å². The van der Waals surface area contributed by atoms with Gasteiger partial charge in [0.05, 0.1) is 22.8 Å². The van der Waals surface area contributed by atoms with Gasteiger partial charge in [0.15, 0.2) is 0 Å². The Bertz CT molecular complexity index is 1730. The summed E-state index contributed by atoms with van der Waals surface area (Å²) in [7, 11) is 3.43. The molecule has 0 aliphatic heterocycles. The van der Waals surface area contributed by atoms with Gasteiger partial charge in [0.25, 0.3) is 0 Å². The first kappa shape index (κ1) is 27.4. The molecule has 3 heterocycles. The zero-order chi connectivity index (χ0) is 28.4. The summed E-state index contributed by atoms with van der Waals surface area (Å²) in [5, 5.41) is 1.72. The molecule has 0 radical (unpaired) electrons. The second-order valence-corrected chi connectivity index (χ2v) is 10.2. The number of rotatable bonds is 8. The zero-order valence-electron chi connectivity index (χ0n) is 22.2. The summed E-state index contributed by atoms with van der Waals surface area (Å²) in [4.78, 5) is 36.3. The van der Waals surface area contributed by atoms with Gasteiger partial charge in [-0.25, -0.2) is 4.98 Å². The van der Waals surface area contributed by atoms with E-state index in [9.17, 15) is 9.59 Å². The molecule has 0 N–H and O–H groups in total. The Morgan fingerprint density at radius 3 is 2.52 bits per heavy atom. The van der Waals surface area contributed by atoms with Gasteiger partial charge in [0.2, 0.25) is 11.7 Å². The number of para-hydroxylation sites is 1. The summed E-state index contributed by atoms with van der Waals surface area (Å²) in [6.07, 6.45) is 3.22. The summed E-state index contributed by atoms with van der Waals surface area (Å²) >= 11 is 13.3. The highest BCUT2D eigenvalue weighted by atomic mass is 35.5. The van der Waals surface area contributed by atoms with Crippen LogP contribution in [0.25, 0.3) is 10.9 Å². The lowest BCUT2D eigenvalue weighted by atomic mass is 10.1. The van der Waals surface area contributed by atoms with Crippen molar-refractivity contribution in [3.8, 4) is 5.75 Å². The molecule has 0 saturated carbocycles. The van der Waals surface area contributed by atoms with Crippen molar-refractivity contribution in [3.63, 3.8) is 0 Å². The van der Waals surface area contributed by atoms with E-state index in [4.69, 9.17) is 27.9 Å². The molecule has 1 amide bonds. The monoisotopic (exact) mass is 572 g/mol. The number of ketones is 1. The van der Waals surface area contributed by atoms with Crippen LogP contribution in [0.4, 0.5) is 5.69 Å². The average Bonchev–Trinajstić information content (AvgIpc) is 3.32. The van der Waals surface area contributed by atoms with E-state index < -0.39 is 0 Å². The lowest BCUT2D eigenvalue weighted by molar-refractivity contribution is -0.117. The lowest BCUT2D eigenvalue weighted by Gasteiger charge is -2.21. The highest BCUT2D eigenvalue weighted by molar-refractivity contribution is 6.38. The quantitative estimate of drug-likeness (QED) is 0.196. The van der Waals surface area contributed by atoms with Crippen molar-refractivity contribution >= 4 is 51.5 Å². The Labute approximate surface area is 242 Å². The molecule has 0 aliphatic rings. The van der Waals surface area contributed by atoms with Gasteiger partial charge in [-0.3, -0.25) is 14.6 Å². The third-order valence-electron chi connectivity index (χ3n) is 6.83. The van der Waals surface area contributed by atoms with Crippen LogP contribution in [0.3, 0.4) is 0 Å². The summed E-state index contributed by atoms with van der Waals surface area (Å²) in [5.74, 6) is 0.275. The fourth-order valence-electron chi connectivity index (χ4n) is 4.48. The number of amides is 1. The minimum absolute atomic E-state index is 0.0719. The predicted molar refractivity (Wildman–Crippen MR) is 157 cm³/mol. The Kier molecular flexibility index (Phi) is 7.87. The molecular weight excluding hydrogens is 547 g/mol. The number of aryl methyl sites for hydroxylation is 1. The summed E-state index contributed by atoms with van der Waals surface area (Å²) in [5.41, 5.74) is 4.41. The number of hydrogen-bond acceptors (Lipinski definition) is 5. The van der Waals surface area contributed by atoms with Gasteiger partial charge < -0.3 is 14.2 Å². The van der Waals surface area contributed by atoms with E-state index in [-0.39, 0.29) is 24.7 Å². The van der Waals surface area contributed by atoms with Crippen molar-refractivity contribution in [2.45, 2.75) is 20.0 Å². The topological polar surface area (TPSA) is 77.3 Å². The van der Waals surface area contributed by atoms with Crippen molar-refractivity contribution in [2.75, 3.05) is 11.9 Å². The highest BCUT2D eigenvalue weighted by Crippen LogP contribution is 2.35. The van der Waals surface area contributed by atoms with Crippen LogP contribution in [-0.2, 0) is 24.9 Å². The molecule has 0 fully saturated rings. The third kappa shape index (κ3) is 5.43. The van der Waals surface area contributed by atoms with Crippen LogP contribution in [0.15, 0.2) is 79.1 Å². The third-order valence-corrected chi connectivity index (χ3v) is 7.60. The molecule has 5 aromatic rings. The Balaban J connectivity index is 1.34. The number of benzene rings is 2.